The zero-order valence-electron chi connectivity index (χ0n) is 40.4. The van der Waals surface area contributed by atoms with Crippen molar-refractivity contribution in [3.63, 3.8) is 0 Å². The Bertz CT molecular complexity index is 2460. The molecule has 3 aromatic rings. The highest BCUT2D eigenvalue weighted by molar-refractivity contribution is 7.10. The van der Waals surface area contributed by atoms with Crippen LogP contribution >= 0.6 is 11.3 Å². The zero-order chi connectivity index (χ0) is 49.0. The molecule has 6 rings (SSSR count). The maximum Gasteiger partial charge on any atom is 0.355 e. The van der Waals surface area contributed by atoms with Crippen molar-refractivity contribution in [1.82, 2.24) is 40.0 Å². The van der Waals surface area contributed by atoms with Gasteiger partial charge in [-0.3, -0.25) is 24.4 Å². The van der Waals surface area contributed by atoms with Crippen molar-refractivity contribution in [2.24, 2.45) is 16.3 Å². The maximum absolute atomic E-state index is 14.7. The molecule has 0 aliphatic carbocycles. The van der Waals surface area contributed by atoms with E-state index in [2.05, 4.69) is 47.5 Å². The predicted molar refractivity (Wildman–Crippen MR) is 259 cm³/mol. The van der Waals surface area contributed by atoms with Crippen molar-refractivity contribution in [3.8, 4) is 11.3 Å². The number of carbonyl (C=O) groups is 5. The second-order valence-electron chi connectivity index (χ2n) is 18.6. The molecule has 0 radical (unpaired) electrons. The van der Waals surface area contributed by atoms with Crippen LogP contribution in [0.3, 0.4) is 0 Å². The number of ether oxygens (including phenoxy) is 2. The lowest BCUT2D eigenvalue weighted by atomic mass is 9.84. The van der Waals surface area contributed by atoms with Gasteiger partial charge in [0.1, 0.15) is 12.1 Å². The SMILES string of the molecule is C=CC(=O)N1CCCN(C(=O)N(C)[C@H](C(=O)N[C@H]2Cc3nc(cs3)-c3ccc4c(c3)c(c(/C(C=C)=C(/N=CC)[C@H](C)OC)n4CC)CC(C)(C)COC(=O)[C@@]3(O)CCCN(N3)C2=O)C(C)C)C1. The summed E-state index contributed by atoms with van der Waals surface area (Å²) in [5.41, 5.74) is 5.74. The average Bonchev–Trinajstić information content (AvgIpc) is 3.90. The number of aliphatic hydroxyl groups is 1. The van der Waals surface area contributed by atoms with Crippen LogP contribution in [0.25, 0.3) is 27.7 Å². The van der Waals surface area contributed by atoms with E-state index in [0.29, 0.717) is 48.9 Å². The number of hydrazine groups is 1. The third kappa shape index (κ3) is 10.7. The lowest BCUT2D eigenvalue weighted by Gasteiger charge is -2.41. The normalized spacial score (nSPS) is 21.7. The minimum absolute atomic E-state index is 0.0274. The summed E-state index contributed by atoms with van der Waals surface area (Å²) in [6, 6.07) is 3.50. The molecule has 67 heavy (non-hydrogen) atoms. The quantitative estimate of drug-likeness (QED) is 0.0954. The van der Waals surface area contributed by atoms with Gasteiger partial charge in [0, 0.05) is 92.2 Å². The van der Waals surface area contributed by atoms with Crippen LogP contribution in [0.4, 0.5) is 4.79 Å². The van der Waals surface area contributed by atoms with Gasteiger partial charge in [-0.15, -0.1) is 11.3 Å². The summed E-state index contributed by atoms with van der Waals surface area (Å²) >= 11 is 1.34. The molecule has 0 spiro atoms. The molecule has 5 amide bonds. The molecule has 2 fully saturated rings. The lowest BCUT2D eigenvalue weighted by Crippen LogP contribution is -2.67. The Kier molecular flexibility index (Phi) is 16.0. The number of aliphatic imine (C=N–C) groups is 1. The van der Waals surface area contributed by atoms with Crippen molar-refractivity contribution < 1.29 is 38.6 Å². The van der Waals surface area contributed by atoms with E-state index in [0.717, 1.165) is 38.3 Å². The molecule has 5 heterocycles. The second-order valence-corrected chi connectivity index (χ2v) is 19.5. The van der Waals surface area contributed by atoms with Crippen molar-refractivity contribution >= 4 is 63.7 Å². The van der Waals surface area contributed by atoms with E-state index in [4.69, 9.17) is 19.5 Å². The first kappa shape index (κ1) is 50.7. The van der Waals surface area contributed by atoms with E-state index >= 15 is 0 Å². The summed E-state index contributed by atoms with van der Waals surface area (Å²) in [6.45, 7) is 22.9. The Morgan fingerprint density at radius 3 is 2.52 bits per heavy atom. The number of nitrogens with zero attached hydrogens (tertiary/aromatic N) is 7. The number of hydrogen-bond donors (Lipinski definition) is 3. The Labute approximate surface area is 397 Å². The van der Waals surface area contributed by atoms with Gasteiger partial charge in [-0.1, -0.05) is 53.0 Å². The fourth-order valence-electron chi connectivity index (χ4n) is 9.31. The minimum atomic E-state index is -2.25. The number of carbonyl (C=O) groups excluding carboxylic acids is 5. The first-order valence-corrected chi connectivity index (χ1v) is 23.9. The number of esters is 1. The summed E-state index contributed by atoms with van der Waals surface area (Å²) < 4.78 is 14.0. The van der Waals surface area contributed by atoms with Gasteiger partial charge in [-0.25, -0.2) is 14.6 Å². The van der Waals surface area contributed by atoms with Crippen LogP contribution < -0.4 is 10.7 Å². The lowest BCUT2D eigenvalue weighted by molar-refractivity contribution is -0.189. The maximum atomic E-state index is 14.7. The van der Waals surface area contributed by atoms with Crippen molar-refractivity contribution in [1.29, 1.82) is 0 Å². The summed E-state index contributed by atoms with van der Waals surface area (Å²) in [5, 5.41) is 19.4. The molecular weight excluding hydrogens is 875 g/mol. The fourth-order valence-corrected chi connectivity index (χ4v) is 10.2. The van der Waals surface area contributed by atoms with Gasteiger partial charge in [-0.05, 0) is 69.7 Å². The number of cyclic esters (lactones) is 1. The number of aryl methyl sites for hydroxylation is 1. The van der Waals surface area contributed by atoms with Gasteiger partial charge in [0.2, 0.25) is 17.5 Å². The first-order valence-electron chi connectivity index (χ1n) is 23.0. The number of fused-ring (bicyclic) bond motifs is 6. The van der Waals surface area contributed by atoms with Crippen LogP contribution in [-0.4, -0.2) is 141 Å². The van der Waals surface area contributed by atoms with Crippen LogP contribution in [0, 0.1) is 11.3 Å². The Morgan fingerprint density at radius 2 is 1.87 bits per heavy atom. The number of aromatic nitrogens is 2. The Morgan fingerprint density at radius 1 is 1.13 bits per heavy atom. The number of allylic oxidation sites excluding steroid dienone is 2. The molecule has 2 saturated heterocycles. The molecule has 0 saturated carbocycles. The van der Waals surface area contributed by atoms with E-state index in [1.807, 2.05) is 59.1 Å². The second kappa shape index (κ2) is 21.1. The number of likely N-dealkylation sites (N-methyl/N-ethyl adjacent to an activating group) is 1. The van der Waals surface area contributed by atoms with Crippen LogP contribution in [0.15, 0.2) is 59.6 Å². The molecule has 6 bridgehead atoms. The third-order valence-electron chi connectivity index (χ3n) is 12.7. The Hall–Kier alpha value is -5.69. The average molecular weight is 942 g/mol. The number of methoxy groups -OCH3 is 1. The number of hydrogen-bond acceptors (Lipinski definition) is 12. The minimum Gasteiger partial charge on any atom is -0.462 e. The van der Waals surface area contributed by atoms with Gasteiger partial charge in [0.05, 0.1) is 41.5 Å². The van der Waals surface area contributed by atoms with Crippen molar-refractivity contribution in [3.05, 3.63) is 70.9 Å². The molecular formula is C49H67N9O8S. The highest BCUT2D eigenvalue weighted by Gasteiger charge is 2.46. The largest absolute Gasteiger partial charge is 0.462 e. The smallest absolute Gasteiger partial charge is 0.355 e. The predicted octanol–water partition coefficient (Wildman–Crippen LogP) is 5.53. The molecule has 0 unspecified atom stereocenters. The topological polar surface area (TPSA) is 191 Å². The van der Waals surface area contributed by atoms with Gasteiger partial charge in [0.15, 0.2) is 0 Å². The summed E-state index contributed by atoms with van der Waals surface area (Å²) in [7, 11) is 3.17. The van der Waals surface area contributed by atoms with E-state index in [9.17, 15) is 29.1 Å². The number of amides is 5. The molecule has 2 aromatic heterocycles. The highest BCUT2D eigenvalue weighted by Crippen LogP contribution is 2.40. The molecule has 17 nitrogen and oxygen atoms in total. The number of thiazole rings is 1. The molecule has 3 N–H and O–H groups in total. The van der Waals surface area contributed by atoms with Crippen molar-refractivity contribution in [2.45, 2.75) is 111 Å². The fraction of sp³-hybridized carbons (Fsp3) is 0.531. The van der Waals surface area contributed by atoms with E-state index < -0.39 is 53.0 Å². The molecule has 3 aliphatic heterocycles. The van der Waals surface area contributed by atoms with Crippen LogP contribution in [0.1, 0.15) is 84.0 Å². The number of nitrogens with one attached hydrogen (secondary N) is 2. The van der Waals surface area contributed by atoms with Gasteiger partial charge in [0.25, 0.3) is 5.91 Å². The molecule has 3 aliphatic rings. The summed E-state index contributed by atoms with van der Waals surface area (Å²) in [5.74, 6) is -2.81. The van der Waals surface area contributed by atoms with E-state index in [1.54, 1.807) is 13.3 Å². The monoisotopic (exact) mass is 941 g/mol. The summed E-state index contributed by atoms with van der Waals surface area (Å²) in [6.07, 6.45) is 5.59. The molecule has 1 aromatic carbocycles. The zero-order valence-corrected chi connectivity index (χ0v) is 41.2. The number of rotatable bonds is 11. The molecule has 362 valence electrons. The highest BCUT2D eigenvalue weighted by atomic mass is 32.1. The van der Waals surface area contributed by atoms with Gasteiger partial charge < -0.3 is 39.2 Å². The molecule has 4 atom stereocenters. The standard InChI is InChI=1S/C49H67N9O8S/c1-12-33(41(50-14-3)31(7)65-11)43-35-26-48(8,9)28-66-46(62)49(64)20-16-23-58(53-49)45(61)36(25-39-51-37(27-67-39)32-18-19-38(34(35)24-32)57(43)15-4)52-44(60)42(30(5)6)54(10)47(63)56-22-17-21-55(29-56)40(59)13-2/h12-14,18-19,24,27,30-31,36,42,53,64H,1-2,15-17,20-23,25-26,28-29H2,3-11H3,(H,52,60)/b41-33+,50-14?/t31-,36-,42-,49-/m0/s1. The van der Waals surface area contributed by atoms with E-state index in [-0.39, 0.29) is 51.1 Å². The van der Waals surface area contributed by atoms with E-state index in [1.165, 1.54) is 39.2 Å². The van der Waals surface area contributed by atoms with Crippen LogP contribution in [0.5, 0.6) is 0 Å². The van der Waals surface area contributed by atoms with Crippen LogP contribution in [-0.2, 0) is 48.0 Å². The third-order valence-corrected chi connectivity index (χ3v) is 13.6. The number of urea groups is 1. The van der Waals surface area contributed by atoms with Crippen LogP contribution in [0.2, 0.25) is 0 Å². The molecule has 18 heteroatoms. The Balaban J connectivity index is 1.44. The van der Waals surface area contributed by atoms with Crippen molar-refractivity contribution in [2.75, 3.05) is 47.1 Å². The summed E-state index contributed by atoms with van der Waals surface area (Å²) in [4.78, 5) is 83.7. The first-order chi connectivity index (χ1) is 31.8. The van der Waals surface area contributed by atoms with Gasteiger partial charge >= 0.3 is 12.0 Å². The number of benzene rings is 1. The van der Waals surface area contributed by atoms with Gasteiger partial charge in [-0.2, -0.15) is 5.43 Å².